The number of benzene rings is 2. The van der Waals surface area contributed by atoms with Crippen molar-refractivity contribution in [2.24, 2.45) is 0 Å². The van der Waals surface area contributed by atoms with Crippen LogP contribution in [-0.4, -0.2) is 43.9 Å². The van der Waals surface area contributed by atoms with Gasteiger partial charge >= 0.3 is 0 Å². The van der Waals surface area contributed by atoms with Crippen LogP contribution in [0, 0.1) is 21.7 Å². The van der Waals surface area contributed by atoms with E-state index in [1.54, 1.807) is 0 Å². The molecule has 3 rings (SSSR count). The van der Waals surface area contributed by atoms with Crippen LogP contribution in [0.3, 0.4) is 0 Å². The molecule has 0 radical (unpaired) electrons. The summed E-state index contributed by atoms with van der Waals surface area (Å²) in [5, 5.41) is 11.1. The highest BCUT2D eigenvalue weighted by Gasteiger charge is 2.30. The number of halogens is 2. The Morgan fingerprint density at radius 2 is 1.78 bits per heavy atom. The van der Waals surface area contributed by atoms with Crippen molar-refractivity contribution in [2.75, 3.05) is 26.3 Å². The number of nitrogens with zero attached hydrogens (tertiary/aromatic N) is 2. The number of sulfonamides is 1. The lowest BCUT2D eigenvalue weighted by atomic mass is 10.3. The lowest BCUT2D eigenvalue weighted by Gasteiger charge is -2.26. The molecule has 0 spiro atoms. The van der Waals surface area contributed by atoms with Crippen LogP contribution in [0.15, 0.2) is 51.1 Å². The molecule has 0 atom stereocenters. The summed E-state index contributed by atoms with van der Waals surface area (Å²) in [5.41, 5.74) is -0.378. The van der Waals surface area contributed by atoms with E-state index >= 15 is 0 Å². The smallest absolute Gasteiger partial charge is 0.270 e. The van der Waals surface area contributed by atoms with Crippen molar-refractivity contribution in [3.63, 3.8) is 0 Å². The fourth-order valence-electron chi connectivity index (χ4n) is 2.49. The Bertz CT molecular complexity index is 979. The predicted octanol–water partition coefficient (Wildman–Crippen LogP) is 3.05. The van der Waals surface area contributed by atoms with Crippen LogP contribution in [0.1, 0.15) is 0 Å². The third kappa shape index (κ3) is 4.26. The van der Waals surface area contributed by atoms with E-state index < -0.39 is 26.6 Å². The van der Waals surface area contributed by atoms with Gasteiger partial charge in [0, 0.05) is 35.0 Å². The molecule has 1 fully saturated rings. The summed E-state index contributed by atoms with van der Waals surface area (Å²) in [6.45, 7) is 0.695. The average Bonchev–Trinajstić information content (AvgIpc) is 2.65. The van der Waals surface area contributed by atoms with Gasteiger partial charge in [0.25, 0.3) is 5.69 Å². The van der Waals surface area contributed by atoms with Crippen LogP contribution in [0.5, 0.6) is 0 Å². The number of rotatable bonds is 5. The number of hydrogen-bond acceptors (Lipinski definition) is 6. The molecule has 0 saturated carbocycles. The van der Waals surface area contributed by atoms with Crippen molar-refractivity contribution < 1.29 is 26.9 Å². The lowest BCUT2D eigenvalue weighted by molar-refractivity contribution is -0.385. The first-order valence-electron chi connectivity index (χ1n) is 7.78. The van der Waals surface area contributed by atoms with E-state index in [0.29, 0.717) is 0 Å². The first-order chi connectivity index (χ1) is 12.8. The molecule has 2 aromatic carbocycles. The standard InChI is InChI=1S/C16H14F2N2O5S2/c17-13-3-2-12(10-14(13)18)26-15-4-1-11(20(21)22)9-16(15)27(23,24)19-5-7-25-8-6-19/h1-4,9-10H,5-8H2. The van der Waals surface area contributed by atoms with Gasteiger partial charge in [0.05, 0.1) is 18.1 Å². The number of morpholine rings is 1. The van der Waals surface area contributed by atoms with Gasteiger partial charge in [-0.1, -0.05) is 11.8 Å². The molecule has 1 saturated heterocycles. The highest BCUT2D eigenvalue weighted by atomic mass is 32.2. The summed E-state index contributed by atoms with van der Waals surface area (Å²) in [6.07, 6.45) is 0. The zero-order valence-corrected chi connectivity index (χ0v) is 15.4. The molecular formula is C16H14F2N2O5S2. The zero-order valence-electron chi connectivity index (χ0n) is 13.8. The Hall–Kier alpha value is -2.08. The van der Waals surface area contributed by atoms with E-state index in [0.717, 1.165) is 30.0 Å². The molecule has 1 heterocycles. The molecule has 0 bridgehead atoms. The van der Waals surface area contributed by atoms with Crippen LogP contribution in [0.2, 0.25) is 0 Å². The minimum atomic E-state index is -4.03. The molecule has 0 unspecified atom stereocenters. The molecule has 144 valence electrons. The SMILES string of the molecule is O=[N+]([O-])c1ccc(Sc2ccc(F)c(F)c2)c(S(=O)(=O)N2CCOCC2)c1. The second-order valence-corrected chi connectivity index (χ2v) is 8.60. The molecule has 0 aromatic heterocycles. The second kappa shape index (κ2) is 7.89. The topological polar surface area (TPSA) is 89.8 Å². The van der Waals surface area contributed by atoms with Crippen LogP contribution in [0.4, 0.5) is 14.5 Å². The molecular weight excluding hydrogens is 402 g/mol. The van der Waals surface area contributed by atoms with Gasteiger partial charge in [-0.3, -0.25) is 10.1 Å². The van der Waals surface area contributed by atoms with Crippen molar-refractivity contribution in [1.29, 1.82) is 0 Å². The van der Waals surface area contributed by atoms with Crippen molar-refractivity contribution in [1.82, 2.24) is 4.31 Å². The predicted molar refractivity (Wildman–Crippen MR) is 93.2 cm³/mol. The molecule has 0 N–H and O–H groups in total. The van der Waals surface area contributed by atoms with Gasteiger partial charge < -0.3 is 4.74 Å². The van der Waals surface area contributed by atoms with Gasteiger partial charge in [-0.2, -0.15) is 4.31 Å². The summed E-state index contributed by atoms with van der Waals surface area (Å²) in [7, 11) is -4.03. The van der Waals surface area contributed by atoms with Crippen molar-refractivity contribution in [3.05, 3.63) is 58.1 Å². The van der Waals surface area contributed by atoms with E-state index in [1.165, 1.54) is 22.5 Å². The van der Waals surface area contributed by atoms with Gasteiger partial charge in [-0.15, -0.1) is 0 Å². The van der Waals surface area contributed by atoms with Crippen molar-refractivity contribution in [3.8, 4) is 0 Å². The molecule has 7 nitrogen and oxygen atoms in total. The highest BCUT2D eigenvalue weighted by molar-refractivity contribution is 8.00. The van der Waals surface area contributed by atoms with Crippen molar-refractivity contribution >= 4 is 27.5 Å². The quantitative estimate of drug-likeness (QED) is 0.550. The van der Waals surface area contributed by atoms with Crippen molar-refractivity contribution in [2.45, 2.75) is 14.7 Å². The molecule has 2 aromatic rings. The molecule has 1 aliphatic heterocycles. The van der Waals surface area contributed by atoms with E-state index in [1.807, 2.05) is 0 Å². The fourth-order valence-corrected chi connectivity index (χ4v) is 5.28. The third-order valence-electron chi connectivity index (χ3n) is 3.84. The maximum Gasteiger partial charge on any atom is 0.270 e. The Morgan fingerprint density at radius 1 is 1.07 bits per heavy atom. The highest BCUT2D eigenvalue weighted by Crippen LogP contribution is 2.36. The van der Waals surface area contributed by atoms with Gasteiger partial charge in [0.1, 0.15) is 4.90 Å². The maximum absolute atomic E-state index is 13.5. The number of nitro groups is 1. The molecule has 0 amide bonds. The minimum Gasteiger partial charge on any atom is -0.379 e. The first-order valence-corrected chi connectivity index (χ1v) is 10.0. The largest absolute Gasteiger partial charge is 0.379 e. The van der Waals surface area contributed by atoms with Crippen LogP contribution in [0.25, 0.3) is 0 Å². The van der Waals surface area contributed by atoms with Crippen LogP contribution < -0.4 is 0 Å². The summed E-state index contributed by atoms with van der Waals surface area (Å²) in [4.78, 5) is 10.6. The number of nitro benzene ring substituents is 1. The molecule has 27 heavy (non-hydrogen) atoms. The van der Waals surface area contributed by atoms with Gasteiger partial charge in [0.2, 0.25) is 10.0 Å². The van der Waals surface area contributed by atoms with E-state index in [-0.39, 0.29) is 46.7 Å². The van der Waals surface area contributed by atoms with Crippen LogP contribution >= 0.6 is 11.8 Å². The van der Waals surface area contributed by atoms with Crippen LogP contribution in [-0.2, 0) is 14.8 Å². The minimum absolute atomic E-state index is 0.125. The molecule has 0 aliphatic carbocycles. The Labute approximate surface area is 158 Å². The Balaban J connectivity index is 2.05. The monoisotopic (exact) mass is 416 g/mol. The summed E-state index contributed by atoms with van der Waals surface area (Å²) >= 11 is 0.882. The summed E-state index contributed by atoms with van der Waals surface area (Å²) in [5.74, 6) is -2.09. The van der Waals surface area contributed by atoms with E-state index in [9.17, 15) is 27.3 Å². The third-order valence-corrected chi connectivity index (χ3v) is 6.98. The van der Waals surface area contributed by atoms with Gasteiger partial charge in [-0.25, -0.2) is 17.2 Å². The Morgan fingerprint density at radius 3 is 2.41 bits per heavy atom. The Kier molecular flexibility index (Phi) is 5.75. The number of hydrogen-bond donors (Lipinski definition) is 0. The normalized spacial score (nSPS) is 15.6. The first kappa shape index (κ1) is 19.7. The lowest BCUT2D eigenvalue weighted by Crippen LogP contribution is -2.40. The summed E-state index contributed by atoms with van der Waals surface area (Å²) < 4.78 is 58.9. The van der Waals surface area contributed by atoms with E-state index in [4.69, 9.17) is 4.74 Å². The number of ether oxygens (including phenoxy) is 1. The molecule has 1 aliphatic rings. The molecule has 11 heteroatoms. The summed E-state index contributed by atoms with van der Waals surface area (Å²) in [6, 6.07) is 6.60. The van der Waals surface area contributed by atoms with Gasteiger partial charge in [-0.05, 0) is 24.3 Å². The van der Waals surface area contributed by atoms with Gasteiger partial charge in [0.15, 0.2) is 11.6 Å². The average molecular weight is 416 g/mol. The fraction of sp³-hybridized carbons (Fsp3) is 0.250. The maximum atomic E-state index is 13.5. The zero-order chi connectivity index (χ0) is 19.6. The second-order valence-electron chi connectivity index (χ2n) is 5.58. The van der Waals surface area contributed by atoms with E-state index in [2.05, 4.69) is 0 Å². The number of non-ortho nitro benzene ring substituents is 1.